The van der Waals surface area contributed by atoms with E-state index in [0.29, 0.717) is 5.76 Å². The Kier molecular flexibility index (Phi) is 4.94. The lowest BCUT2D eigenvalue weighted by Crippen LogP contribution is -2.53. The molecule has 1 aliphatic rings. The molecule has 1 aliphatic heterocycles. The minimum atomic E-state index is -0.764. The summed E-state index contributed by atoms with van der Waals surface area (Å²) >= 11 is 0. The first-order valence-corrected chi connectivity index (χ1v) is 10.5. The highest BCUT2D eigenvalue weighted by molar-refractivity contribution is 6.31. The predicted octanol–water partition coefficient (Wildman–Crippen LogP) is 4.50. The van der Waals surface area contributed by atoms with Crippen molar-refractivity contribution in [2.45, 2.75) is 20.4 Å². The van der Waals surface area contributed by atoms with Crippen molar-refractivity contribution in [3.05, 3.63) is 95.2 Å². The van der Waals surface area contributed by atoms with Gasteiger partial charge in [0.2, 0.25) is 0 Å². The molecule has 7 nitrogen and oxygen atoms in total. The third-order valence-corrected chi connectivity index (χ3v) is 5.84. The standard InChI is InChI=1S/C26H21N3O4/c1-16-12-20(17(2)29(16)21-10-9-18-6-3-4-7-19(18)13-21)14-23-24(30)27-26(32)28(25(23)31)15-22-8-5-11-33-22/h3-14H,15H2,1-2H3,(H,27,30,32)/b23-14+. The lowest BCUT2D eigenvalue weighted by atomic mass is 10.1. The second-order valence-corrected chi connectivity index (χ2v) is 7.98. The molecule has 2 aromatic heterocycles. The SMILES string of the molecule is Cc1cc(/C=C2\C(=O)NC(=O)N(Cc3ccco3)C2=O)c(C)n1-c1ccc2ccccc2c1. The number of hydrogen-bond donors (Lipinski definition) is 1. The quantitative estimate of drug-likeness (QED) is 0.375. The van der Waals surface area contributed by atoms with Gasteiger partial charge in [-0.3, -0.25) is 19.8 Å². The lowest BCUT2D eigenvalue weighted by Gasteiger charge is -2.25. The van der Waals surface area contributed by atoms with Gasteiger partial charge in [0.25, 0.3) is 11.8 Å². The first kappa shape index (κ1) is 20.5. The minimum Gasteiger partial charge on any atom is -0.467 e. The second kappa shape index (κ2) is 7.94. The largest absolute Gasteiger partial charge is 0.467 e. The highest BCUT2D eigenvalue weighted by Crippen LogP contribution is 2.26. The predicted molar refractivity (Wildman–Crippen MR) is 124 cm³/mol. The van der Waals surface area contributed by atoms with Gasteiger partial charge < -0.3 is 8.98 Å². The summed E-state index contributed by atoms with van der Waals surface area (Å²) in [5.41, 5.74) is 3.46. The normalized spacial score (nSPS) is 15.5. The summed E-state index contributed by atoms with van der Waals surface area (Å²) in [6, 6.07) is 18.8. The van der Waals surface area contributed by atoms with E-state index in [1.807, 2.05) is 38.1 Å². The average Bonchev–Trinajstić information content (AvgIpc) is 3.41. The number of urea groups is 1. The first-order valence-electron chi connectivity index (χ1n) is 10.5. The van der Waals surface area contributed by atoms with Gasteiger partial charge in [0.05, 0.1) is 12.8 Å². The molecule has 0 spiro atoms. The fourth-order valence-corrected chi connectivity index (χ4v) is 4.20. The molecule has 1 fully saturated rings. The molecule has 0 aliphatic carbocycles. The highest BCUT2D eigenvalue weighted by atomic mass is 16.3. The van der Waals surface area contributed by atoms with Crippen LogP contribution in [0.1, 0.15) is 22.7 Å². The van der Waals surface area contributed by atoms with Crippen LogP contribution in [0.5, 0.6) is 0 Å². The molecule has 0 atom stereocenters. The molecule has 3 heterocycles. The van der Waals surface area contributed by atoms with Crippen molar-refractivity contribution in [1.82, 2.24) is 14.8 Å². The molecule has 0 bridgehead atoms. The zero-order valence-corrected chi connectivity index (χ0v) is 18.2. The summed E-state index contributed by atoms with van der Waals surface area (Å²) in [4.78, 5) is 38.8. The van der Waals surface area contributed by atoms with Gasteiger partial charge in [0.1, 0.15) is 11.3 Å². The Bertz CT molecular complexity index is 1440. The number of carbonyl (C=O) groups is 3. The van der Waals surface area contributed by atoms with Crippen LogP contribution >= 0.6 is 0 Å². The molecule has 4 amide bonds. The van der Waals surface area contributed by atoms with E-state index in [2.05, 4.69) is 34.1 Å². The van der Waals surface area contributed by atoms with Gasteiger partial charge in [-0.15, -0.1) is 0 Å². The molecule has 7 heteroatoms. The highest BCUT2D eigenvalue weighted by Gasteiger charge is 2.36. The van der Waals surface area contributed by atoms with E-state index in [1.165, 1.54) is 6.26 Å². The van der Waals surface area contributed by atoms with Gasteiger partial charge in [0.15, 0.2) is 0 Å². The Hall–Kier alpha value is -4.39. The number of barbiturate groups is 1. The summed E-state index contributed by atoms with van der Waals surface area (Å²) < 4.78 is 7.33. The molecule has 5 rings (SSSR count). The number of fused-ring (bicyclic) bond motifs is 1. The van der Waals surface area contributed by atoms with Crippen molar-refractivity contribution in [3.63, 3.8) is 0 Å². The number of benzene rings is 2. The van der Waals surface area contributed by atoms with Crippen LogP contribution < -0.4 is 5.32 Å². The van der Waals surface area contributed by atoms with Gasteiger partial charge in [-0.1, -0.05) is 30.3 Å². The van der Waals surface area contributed by atoms with E-state index < -0.39 is 17.8 Å². The van der Waals surface area contributed by atoms with Crippen LogP contribution in [-0.4, -0.2) is 27.3 Å². The molecular formula is C26H21N3O4. The maximum absolute atomic E-state index is 13.0. The summed E-state index contributed by atoms with van der Waals surface area (Å²) in [6.45, 7) is 3.85. The Morgan fingerprint density at radius 3 is 2.48 bits per heavy atom. The third-order valence-electron chi connectivity index (χ3n) is 5.84. The number of aromatic nitrogens is 1. The van der Waals surface area contributed by atoms with Crippen molar-refractivity contribution in [2.24, 2.45) is 0 Å². The van der Waals surface area contributed by atoms with Crippen molar-refractivity contribution < 1.29 is 18.8 Å². The van der Waals surface area contributed by atoms with E-state index in [4.69, 9.17) is 4.42 Å². The number of nitrogens with zero attached hydrogens (tertiary/aromatic N) is 2. The van der Waals surface area contributed by atoms with Gasteiger partial charge in [0, 0.05) is 17.1 Å². The Morgan fingerprint density at radius 2 is 1.73 bits per heavy atom. The fraction of sp³-hybridized carbons (Fsp3) is 0.115. The molecule has 4 aromatic rings. The van der Waals surface area contributed by atoms with E-state index in [9.17, 15) is 14.4 Å². The number of imide groups is 2. The summed E-state index contributed by atoms with van der Waals surface area (Å²) in [7, 11) is 0. The number of rotatable bonds is 4. The van der Waals surface area contributed by atoms with Gasteiger partial charge in [-0.05, 0) is 66.6 Å². The third kappa shape index (κ3) is 3.63. The molecule has 33 heavy (non-hydrogen) atoms. The molecule has 0 radical (unpaired) electrons. The lowest BCUT2D eigenvalue weighted by molar-refractivity contribution is -0.130. The molecule has 2 aromatic carbocycles. The van der Waals surface area contributed by atoms with E-state index in [-0.39, 0.29) is 12.1 Å². The second-order valence-electron chi connectivity index (χ2n) is 7.98. The van der Waals surface area contributed by atoms with Crippen LogP contribution in [0.2, 0.25) is 0 Å². The van der Waals surface area contributed by atoms with E-state index in [0.717, 1.165) is 38.3 Å². The smallest absolute Gasteiger partial charge is 0.331 e. The first-order chi connectivity index (χ1) is 15.9. The molecular weight excluding hydrogens is 418 g/mol. The molecule has 1 N–H and O–H groups in total. The number of hydrogen-bond acceptors (Lipinski definition) is 4. The van der Waals surface area contributed by atoms with Gasteiger partial charge in [-0.2, -0.15) is 0 Å². The summed E-state index contributed by atoms with van der Waals surface area (Å²) in [5, 5.41) is 4.52. The van der Waals surface area contributed by atoms with Gasteiger partial charge >= 0.3 is 6.03 Å². The topological polar surface area (TPSA) is 84.6 Å². The number of carbonyl (C=O) groups excluding carboxylic acids is 3. The summed E-state index contributed by atoms with van der Waals surface area (Å²) in [6.07, 6.45) is 3.00. The number of aryl methyl sites for hydroxylation is 1. The number of furan rings is 1. The molecule has 0 saturated carbocycles. The van der Waals surface area contributed by atoms with Crippen LogP contribution in [0.15, 0.2) is 76.9 Å². The molecule has 164 valence electrons. The maximum Gasteiger partial charge on any atom is 0.331 e. The van der Waals surface area contributed by atoms with Crippen LogP contribution in [-0.2, 0) is 16.1 Å². The van der Waals surface area contributed by atoms with Crippen molar-refractivity contribution in [2.75, 3.05) is 0 Å². The van der Waals surface area contributed by atoms with Crippen molar-refractivity contribution in [3.8, 4) is 5.69 Å². The van der Waals surface area contributed by atoms with Crippen molar-refractivity contribution >= 4 is 34.7 Å². The number of amides is 4. The zero-order chi connectivity index (χ0) is 23.1. The van der Waals surface area contributed by atoms with Crippen molar-refractivity contribution in [1.29, 1.82) is 0 Å². The summed E-state index contributed by atoms with van der Waals surface area (Å²) in [5.74, 6) is -0.923. The molecule has 1 saturated heterocycles. The Labute approximate surface area is 189 Å². The van der Waals surface area contributed by atoms with Gasteiger partial charge in [-0.25, -0.2) is 4.79 Å². The average molecular weight is 439 g/mol. The minimum absolute atomic E-state index is 0.0571. The Balaban J connectivity index is 1.52. The number of nitrogens with one attached hydrogen (secondary N) is 1. The van der Waals surface area contributed by atoms with E-state index >= 15 is 0 Å². The maximum atomic E-state index is 13.0. The van der Waals surface area contributed by atoms with Crippen LogP contribution in [0, 0.1) is 13.8 Å². The van der Waals surface area contributed by atoms with Crippen LogP contribution in [0.4, 0.5) is 4.79 Å². The Morgan fingerprint density at radius 1 is 0.939 bits per heavy atom. The van der Waals surface area contributed by atoms with E-state index in [1.54, 1.807) is 18.2 Å². The van der Waals surface area contributed by atoms with Crippen LogP contribution in [0.25, 0.3) is 22.5 Å². The fourth-order valence-electron chi connectivity index (χ4n) is 4.20. The molecule has 0 unspecified atom stereocenters. The van der Waals surface area contributed by atoms with Crippen LogP contribution in [0.3, 0.4) is 0 Å². The zero-order valence-electron chi connectivity index (χ0n) is 18.2. The monoisotopic (exact) mass is 439 g/mol.